The van der Waals surface area contributed by atoms with E-state index in [0.29, 0.717) is 17.5 Å². The summed E-state index contributed by atoms with van der Waals surface area (Å²) in [5.74, 6) is 1.83. The Hall–Kier alpha value is -6.39. The van der Waals surface area contributed by atoms with Crippen molar-refractivity contribution in [2.75, 3.05) is 0 Å². The van der Waals surface area contributed by atoms with Crippen LogP contribution in [0.2, 0.25) is 0 Å². The fraction of sp³-hybridized carbons (Fsp3) is 0. The molecule has 0 aliphatic rings. The standard InChI is InChI=1S/C43H27N3O/c1-3-11-28(12-4-1)30-19-22-31(23-20-30)36-26-37-35-17-9-10-18-39(35)47-40(37)27-38(36)43-45-41(32-14-5-2-6-15-32)44-42(46-43)34-24-21-29-13-7-8-16-33(29)25-34/h1-27H. The van der Waals surface area contributed by atoms with Gasteiger partial charge in [0.05, 0.1) is 0 Å². The largest absolute Gasteiger partial charge is 0.456 e. The molecule has 0 unspecified atom stereocenters. The average Bonchev–Trinajstić information content (AvgIpc) is 3.52. The van der Waals surface area contributed by atoms with Crippen LogP contribution < -0.4 is 0 Å². The van der Waals surface area contributed by atoms with Crippen LogP contribution in [0.5, 0.6) is 0 Å². The summed E-state index contributed by atoms with van der Waals surface area (Å²) in [7, 11) is 0. The molecule has 9 rings (SSSR count). The van der Waals surface area contributed by atoms with Crippen molar-refractivity contribution >= 4 is 32.7 Å². The predicted octanol–water partition coefficient (Wildman–Crippen LogP) is 11.3. The topological polar surface area (TPSA) is 51.8 Å². The second-order valence-corrected chi connectivity index (χ2v) is 11.7. The Labute approximate surface area is 271 Å². The van der Waals surface area contributed by atoms with E-state index < -0.39 is 0 Å². The summed E-state index contributed by atoms with van der Waals surface area (Å²) in [5.41, 5.74) is 8.82. The molecule has 0 N–H and O–H groups in total. The third kappa shape index (κ3) is 4.93. The van der Waals surface area contributed by atoms with Gasteiger partial charge in [0.15, 0.2) is 17.5 Å². The first kappa shape index (κ1) is 27.0. The second kappa shape index (κ2) is 11.2. The molecule has 0 radical (unpaired) electrons. The van der Waals surface area contributed by atoms with Crippen molar-refractivity contribution in [3.63, 3.8) is 0 Å². The molecule has 4 heteroatoms. The van der Waals surface area contributed by atoms with Gasteiger partial charge >= 0.3 is 0 Å². The van der Waals surface area contributed by atoms with E-state index in [0.717, 1.165) is 60.7 Å². The summed E-state index contributed by atoms with van der Waals surface area (Å²) < 4.78 is 6.39. The van der Waals surface area contributed by atoms with E-state index >= 15 is 0 Å². The first-order valence-electron chi connectivity index (χ1n) is 15.7. The summed E-state index contributed by atoms with van der Waals surface area (Å²) in [6, 6.07) is 56.4. The van der Waals surface area contributed by atoms with Crippen LogP contribution in [0.15, 0.2) is 168 Å². The number of para-hydroxylation sites is 1. The zero-order valence-corrected chi connectivity index (χ0v) is 25.3. The lowest BCUT2D eigenvalue weighted by molar-refractivity contribution is 0.669. The van der Waals surface area contributed by atoms with Crippen LogP contribution in [0.25, 0.3) is 89.1 Å². The number of hydrogen-bond acceptors (Lipinski definition) is 4. The highest BCUT2D eigenvalue weighted by molar-refractivity contribution is 6.08. The molecule has 0 aliphatic heterocycles. The van der Waals surface area contributed by atoms with Gasteiger partial charge in [-0.25, -0.2) is 15.0 Å². The maximum atomic E-state index is 6.39. The highest BCUT2D eigenvalue weighted by Gasteiger charge is 2.19. The monoisotopic (exact) mass is 601 g/mol. The van der Waals surface area contributed by atoms with Crippen LogP contribution in [0.1, 0.15) is 0 Å². The van der Waals surface area contributed by atoms with Gasteiger partial charge in [0.1, 0.15) is 11.2 Å². The fourth-order valence-electron chi connectivity index (χ4n) is 6.34. The zero-order chi connectivity index (χ0) is 31.2. The van der Waals surface area contributed by atoms with E-state index in [-0.39, 0.29) is 0 Å². The second-order valence-electron chi connectivity index (χ2n) is 11.7. The summed E-state index contributed by atoms with van der Waals surface area (Å²) in [6.07, 6.45) is 0. The Morgan fingerprint density at radius 2 is 0.894 bits per heavy atom. The third-order valence-corrected chi connectivity index (χ3v) is 8.74. The summed E-state index contributed by atoms with van der Waals surface area (Å²) in [4.78, 5) is 15.3. The predicted molar refractivity (Wildman–Crippen MR) is 192 cm³/mol. The van der Waals surface area contributed by atoms with Gasteiger partial charge in [-0.3, -0.25) is 0 Å². The number of hydrogen-bond donors (Lipinski definition) is 0. The average molecular weight is 602 g/mol. The molecule has 4 nitrogen and oxygen atoms in total. The number of benzene rings is 7. The molecular formula is C43H27N3O. The highest BCUT2D eigenvalue weighted by Crippen LogP contribution is 2.40. The van der Waals surface area contributed by atoms with Crippen LogP contribution in [-0.2, 0) is 0 Å². The molecule has 220 valence electrons. The van der Waals surface area contributed by atoms with Gasteiger partial charge < -0.3 is 4.42 Å². The van der Waals surface area contributed by atoms with Gasteiger partial charge in [-0.1, -0.05) is 140 Å². The minimum Gasteiger partial charge on any atom is -0.456 e. The van der Waals surface area contributed by atoms with Crippen molar-refractivity contribution in [2.24, 2.45) is 0 Å². The van der Waals surface area contributed by atoms with Crippen LogP contribution in [-0.4, -0.2) is 15.0 Å². The molecule has 47 heavy (non-hydrogen) atoms. The molecule has 0 fully saturated rings. The van der Waals surface area contributed by atoms with Crippen molar-refractivity contribution in [1.82, 2.24) is 15.0 Å². The molecule has 0 saturated heterocycles. The Kier molecular flexibility index (Phi) is 6.43. The van der Waals surface area contributed by atoms with Gasteiger partial charge in [0, 0.05) is 27.5 Å². The first-order chi connectivity index (χ1) is 23.3. The van der Waals surface area contributed by atoms with Crippen molar-refractivity contribution in [1.29, 1.82) is 0 Å². The normalized spacial score (nSPS) is 11.4. The molecule has 0 bridgehead atoms. The molecular weight excluding hydrogens is 574 g/mol. The van der Waals surface area contributed by atoms with Crippen molar-refractivity contribution in [3.8, 4) is 56.4 Å². The number of fused-ring (bicyclic) bond motifs is 4. The zero-order valence-electron chi connectivity index (χ0n) is 25.3. The molecule has 2 heterocycles. The summed E-state index contributed by atoms with van der Waals surface area (Å²) >= 11 is 0. The smallest absolute Gasteiger partial charge is 0.164 e. The van der Waals surface area contributed by atoms with E-state index in [1.54, 1.807) is 0 Å². The summed E-state index contributed by atoms with van der Waals surface area (Å²) in [6.45, 7) is 0. The van der Waals surface area contributed by atoms with E-state index in [1.165, 1.54) is 10.9 Å². The van der Waals surface area contributed by atoms with Gasteiger partial charge in [-0.15, -0.1) is 0 Å². The van der Waals surface area contributed by atoms with E-state index in [4.69, 9.17) is 19.4 Å². The Bertz CT molecular complexity index is 2550. The van der Waals surface area contributed by atoms with Crippen molar-refractivity contribution in [2.45, 2.75) is 0 Å². The van der Waals surface area contributed by atoms with Crippen molar-refractivity contribution in [3.05, 3.63) is 164 Å². The quantitative estimate of drug-likeness (QED) is 0.197. The van der Waals surface area contributed by atoms with Gasteiger partial charge in [-0.2, -0.15) is 0 Å². The van der Waals surface area contributed by atoms with E-state index in [2.05, 4.69) is 109 Å². The number of furan rings is 1. The van der Waals surface area contributed by atoms with Gasteiger partial charge in [0.25, 0.3) is 0 Å². The van der Waals surface area contributed by atoms with Crippen LogP contribution in [0, 0.1) is 0 Å². The van der Waals surface area contributed by atoms with Crippen LogP contribution >= 0.6 is 0 Å². The molecule has 0 amide bonds. The Balaban J connectivity index is 1.29. The molecule has 0 saturated carbocycles. The lowest BCUT2D eigenvalue weighted by Gasteiger charge is -2.13. The SMILES string of the molecule is c1ccc(-c2ccc(-c3cc4c(cc3-c3nc(-c5ccccc5)nc(-c5ccc6ccccc6c5)n3)oc3ccccc34)cc2)cc1. The van der Waals surface area contributed by atoms with Gasteiger partial charge in [0.2, 0.25) is 0 Å². The molecule has 0 atom stereocenters. The molecule has 7 aromatic carbocycles. The number of aromatic nitrogens is 3. The van der Waals surface area contributed by atoms with Gasteiger partial charge in [-0.05, 0) is 57.3 Å². The fourth-order valence-corrected chi connectivity index (χ4v) is 6.34. The molecule has 0 spiro atoms. The molecule has 2 aromatic heterocycles. The van der Waals surface area contributed by atoms with E-state index in [9.17, 15) is 0 Å². The maximum Gasteiger partial charge on any atom is 0.164 e. The highest BCUT2D eigenvalue weighted by atomic mass is 16.3. The first-order valence-corrected chi connectivity index (χ1v) is 15.7. The Morgan fingerprint density at radius 1 is 0.319 bits per heavy atom. The Morgan fingerprint density at radius 3 is 1.68 bits per heavy atom. The minimum absolute atomic E-state index is 0.589. The summed E-state index contributed by atoms with van der Waals surface area (Å²) in [5, 5.41) is 4.44. The number of nitrogens with zero attached hydrogens (tertiary/aromatic N) is 3. The molecule has 9 aromatic rings. The van der Waals surface area contributed by atoms with Crippen molar-refractivity contribution < 1.29 is 4.42 Å². The van der Waals surface area contributed by atoms with Crippen LogP contribution in [0.3, 0.4) is 0 Å². The number of rotatable bonds is 5. The minimum atomic E-state index is 0.589. The lowest BCUT2D eigenvalue weighted by Crippen LogP contribution is -2.01. The van der Waals surface area contributed by atoms with Crippen LogP contribution in [0.4, 0.5) is 0 Å². The lowest BCUT2D eigenvalue weighted by atomic mass is 9.94. The maximum absolute atomic E-state index is 6.39. The third-order valence-electron chi connectivity index (χ3n) is 8.74. The van der Waals surface area contributed by atoms with E-state index in [1.807, 2.05) is 54.6 Å². The molecule has 0 aliphatic carbocycles.